The number of hydrogen-bond donors (Lipinski definition) is 0. The topological polar surface area (TPSA) is 42.4 Å². The minimum atomic E-state index is 0.0402. The van der Waals surface area contributed by atoms with Crippen LogP contribution in [-0.2, 0) is 13.1 Å². The zero-order valence-electron chi connectivity index (χ0n) is 17.9. The summed E-state index contributed by atoms with van der Waals surface area (Å²) >= 11 is 1.49. The fourth-order valence-corrected chi connectivity index (χ4v) is 4.69. The predicted octanol–water partition coefficient (Wildman–Crippen LogP) is 6.03. The number of nitrogens with zero attached hydrogens (tertiary/aromatic N) is 2. The van der Waals surface area contributed by atoms with Crippen LogP contribution < -0.4 is 4.74 Å². The van der Waals surface area contributed by atoms with Crippen LogP contribution >= 0.6 is 11.3 Å². The number of amides is 1. The number of hydrogen-bond acceptors (Lipinski definition) is 4. The van der Waals surface area contributed by atoms with Gasteiger partial charge in [-0.15, -0.1) is 11.3 Å². The quantitative estimate of drug-likeness (QED) is 0.408. The van der Waals surface area contributed by atoms with Crippen LogP contribution in [0, 0.1) is 12.8 Å². The van der Waals surface area contributed by atoms with Gasteiger partial charge in [0.25, 0.3) is 5.91 Å². The number of ether oxygens (including phenoxy) is 1. The molecule has 1 amide bonds. The highest BCUT2D eigenvalue weighted by Gasteiger charge is 2.20. The standard InChI is InChI=1S/C26H28N2O2S/c1-20-13-15-31-25(20)26(29)28(18-23-11-5-6-14-27-23)17-22-10-7-12-24(16-22)30-19-21-8-3-2-4-9-21/h2-3,5-7,10-16,21H,4,8-9,17-19H2,1H3/t21-/m1/s1. The molecule has 1 aliphatic rings. The number of carbonyl (C=O) groups excluding carboxylic acids is 1. The zero-order chi connectivity index (χ0) is 21.5. The summed E-state index contributed by atoms with van der Waals surface area (Å²) in [7, 11) is 0. The van der Waals surface area contributed by atoms with Crippen molar-refractivity contribution in [3.8, 4) is 5.75 Å². The molecule has 0 radical (unpaired) electrons. The maximum atomic E-state index is 13.3. The minimum Gasteiger partial charge on any atom is -0.493 e. The van der Waals surface area contributed by atoms with Crippen molar-refractivity contribution in [3.05, 3.63) is 94.0 Å². The minimum absolute atomic E-state index is 0.0402. The summed E-state index contributed by atoms with van der Waals surface area (Å²) < 4.78 is 6.09. The van der Waals surface area contributed by atoms with E-state index in [2.05, 4.69) is 29.3 Å². The van der Waals surface area contributed by atoms with Gasteiger partial charge in [-0.25, -0.2) is 0 Å². The van der Waals surface area contributed by atoms with Crippen molar-refractivity contribution in [2.24, 2.45) is 5.92 Å². The molecule has 1 aromatic carbocycles. The number of benzene rings is 1. The van der Waals surface area contributed by atoms with Crippen LogP contribution in [-0.4, -0.2) is 22.4 Å². The highest BCUT2D eigenvalue weighted by Crippen LogP contribution is 2.23. The first-order valence-corrected chi connectivity index (χ1v) is 11.7. The maximum absolute atomic E-state index is 13.3. The second-order valence-electron chi connectivity index (χ2n) is 8.02. The van der Waals surface area contributed by atoms with Crippen molar-refractivity contribution in [1.29, 1.82) is 0 Å². The number of aromatic nitrogens is 1. The molecule has 1 atom stereocenters. The van der Waals surface area contributed by atoms with Gasteiger partial charge in [0.2, 0.25) is 0 Å². The molecule has 31 heavy (non-hydrogen) atoms. The number of thiophene rings is 1. The average molecular weight is 433 g/mol. The molecule has 160 valence electrons. The molecule has 0 unspecified atom stereocenters. The Balaban J connectivity index is 1.48. The van der Waals surface area contributed by atoms with Gasteiger partial charge >= 0.3 is 0 Å². The number of allylic oxidation sites excluding steroid dienone is 2. The van der Waals surface area contributed by atoms with E-state index in [4.69, 9.17) is 4.74 Å². The highest BCUT2D eigenvalue weighted by molar-refractivity contribution is 7.12. The van der Waals surface area contributed by atoms with Gasteiger partial charge in [-0.1, -0.05) is 30.4 Å². The van der Waals surface area contributed by atoms with Crippen LogP contribution in [0.1, 0.15) is 45.8 Å². The van der Waals surface area contributed by atoms with Gasteiger partial charge in [0.15, 0.2) is 0 Å². The Bertz CT molecular complexity index is 1030. The Morgan fingerprint density at radius 3 is 2.84 bits per heavy atom. The number of rotatable bonds is 8. The lowest BCUT2D eigenvalue weighted by Gasteiger charge is -2.23. The third-order valence-electron chi connectivity index (χ3n) is 5.56. The number of aryl methyl sites for hydroxylation is 1. The molecule has 0 N–H and O–H groups in total. The molecule has 0 saturated carbocycles. The highest BCUT2D eigenvalue weighted by atomic mass is 32.1. The van der Waals surface area contributed by atoms with Crippen LogP contribution in [0.2, 0.25) is 0 Å². The van der Waals surface area contributed by atoms with Crippen molar-refractivity contribution in [2.45, 2.75) is 39.3 Å². The second-order valence-corrected chi connectivity index (χ2v) is 8.94. The van der Waals surface area contributed by atoms with E-state index in [1.54, 1.807) is 6.20 Å². The van der Waals surface area contributed by atoms with Gasteiger partial charge < -0.3 is 9.64 Å². The van der Waals surface area contributed by atoms with Crippen LogP contribution in [0.4, 0.5) is 0 Å². The van der Waals surface area contributed by atoms with Crippen LogP contribution in [0.15, 0.2) is 72.3 Å². The summed E-state index contributed by atoms with van der Waals surface area (Å²) in [5.74, 6) is 1.49. The van der Waals surface area contributed by atoms with Gasteiger partial charge in [-0.3, -0.25) is 9.78 Å². The fraction of sp³-hybridized carbons (Fsp3) is 0.308. The summed E-state index contributed by atoms with van der Waals surface area (Å²) in [5.41, 5.74) is 2.95. The van der Waals surface area contributed by atoms with Crippen LogP contribution in [0.25, 0.3) is 0 Å². The molecular weight excluding hydrogens is 404 g/mol. The molecule has 1 aliphatic carbocycles. The number of pyridine rings is 1. The smallest absolute Gasteiger partial charge is 0.264 e. The Morgan fingerprint density at radius 2 is 2.10 bits per heavy atom. The first kappa shape index (κ1) is 21.3. The van der Waals surface area contributed by atoms with E-state index in [1.807, 2.05) is 53.6 Å². The van der Waals surface area contributed by atoms with E-state index in [0.29, 0.717) is 19.0 Å². The van der Waals surface area contributed by atoms with Crippen molar-refractivity contribution in [2.75, 3.05) is 6.61 Å². The zero-order valence-corrected chi connectivity index (χ0v) is 18.7. The van der Waals surface area contributed by atoms with E-state index in [9.17, 15) is 4.79 Å². The largest absolute Gasteiger partial charge is 0.493 e. The Morgan fingerprint density at radius 1 is 1.16 bits per heavy atom. The molecule has 2 heterocycles. The third kappa shape index (κ3) is 5.82. The van der Waals surface area contributed by atoms with Gasteiger partial charge in [0.05, 0.1) is 23.7 Å². The summed E-state index contributed by atoms with van der Waals surface area (Å²) in [6.07, 6.45) is 9.68. The fourth-order valence-electron chi connectivity index (χ4n) is 3.80. The molecule has 2 aromatic heterocycles. The molecule has 3 aromatic rings. The Hall–Kier alpha value is -2.92. The molecule has 0 fully saturated rings. The van der Waals surface area contributed by atoms with Crippen molar-refractivity contribution >= 4 is 17.2 Å². The first-order valence-electron chi connectivity index (χ1n) is 10.8. The summed E-state index contributed by atoms with van der Waals surface area (Å²) in [4.78, 5) is 20.4. The summed E-state index contributed by atoms with van der Waals surface area (Å²) in [5, 5.41) is 1.97. The SMILES string of the molecule is Cc1ccsc1C(=O)N(Cc1cccc(OC[C@@H]2CC=CCC2)c1)Cc1ccccn1. The van der Waals surface area contributed by atoms with Crippen LogP contribution in [0.5, 0.6) is 5.75 Å². The lowest BCUT2D eigenvalue weighted by Crippen LogP contribution is -2.30. The monoisotopic (exact) mass is 432 g/mol. The Kier molecular flexibility index (Phi) is 7.15. The second kappa shape index (κ2) is 10.4. The molecular formula is C26H28N2O2S. The third-order valence-corrected chi connectivity index (χ3v) is 6.56. The lowest BCUT2D eigenvalue weighted by atomic mass is 9.95. The van der Waals surface area contributed by atoms with E-state index in [-0.39, 0.29) is 5.91 Å². The molecule has 5 heteroatoms. The normalized spacial score (nSPS) is 15.6. The summed E-state index contributed by atoms with van der Waals surface area (Å²) in [6, 6.07) is 15.9. The molecule has 0 spiro atoms. The first-order chi connectivity index (χ1) is 15.2. The van der Waals surface area contributed by atoms with Crippen LogP contribution in [0.3, 0.4) is 0 Å². The van der Waals surface area contributed by atoms with Gasteiger partial charge in [-0.05, 0) is 78.9 Å². The lowest BCUT2D eigenvalue weighted by molar-refractivity contribution is 0.0732. The van der Waals surface area contributed by atoms with Gasteiger partial charge in [-0.2, -0.15) is 0 Å². The van der Waals surface area contributed by atoms with E-state index < -0.39 is 0 Å². The van der Waals surface area contributed by atoms with E-state index in [1.165, 1.54) is 17.8 Å². The van der Waals surface area contributed by atoms with Crippen molar-refractivity contribution in [3.63, 3.8) is 0 Å². The van der Waals surface area contributed by atoms with E-state index in [0.717, 1.165) is 46.9 Å². The molecule has 0 bridgehead atoms. The number of carbonyl (C=O) groups is 1. The predicted molar refractivity (Wildman–Crippen MR) is 125 cm³/mol. The molecule has 0 aliphatic heterocycles. The van der Waals surface area contributed by atoms with E-state index >= 15 is 0 Å². The summed E-state index contributed by atoms with van der Waals surface area (Å²) in [6.45, 7) is 3.70. The van der Waals surface area contributed by atoms with Crippen molar-refractivity contribution in [1.82, 2.24) is 9.88 Å². The van der Waals surface area contributed by atoms with Gasteiger partial charge in [0, 0.05) is 12.7 Å². The average Bonchev–Trinajstić information content (AvgIpc) is 3.24. The maximum Gasteiger partial charge on any atom is 0.264 e. The van der Waals surface area contributed by atoms with Crippen molar-refractivity contribution < 1.29 is 9.53 Å². The molecule has 4 rings (SSSR count). The Labute approximate surface area is 188 Å². The molecule has 4 nitrogen and oxygen atoms in total. The molecule has 0 saturated heterocycles. The van der Waals surface area contributed by atoms with Gasteiger partial charge in [0.1, 0.15) is 5.75 Å².